The van der Waals surface area contributed by atoms with Crippen molar-refractivity contribution in [2.24, 2.45) is 0 Å². The quantitative estimate of drug-likeness (QED) is 0.835. The molecule has 1 aliphatic heterocycles. The summed E-state index contributed by atoms with van der Waals surface area (Å²) in [6.07, 6.45) is 3.38. The molecule has 6 heteroatoms. The number of nitrogens with one attached hydrogen (secondary N) is 1. The van der Waals surface area contributed by atoms with Crippen LogP contribution in [0.1, 0.15) is 30.4 Å². The molecule has 2 amide bonds. The van der Waals surface area contributed by atoms with Crippen molar-refractivity contribution >= 4 is 11.8 Å². The summed E-state index contributed by atoms with van der Waals surface area (Å²) in [5.41, 5.74) is 1.71. The topological polar surface area (TPSA) is 76.4 Å². The summed E-state index contributed by atoms with van der Waals surface area (Å²) in [5, 5.41) is 11.8. The molecular formula is C19H24N4O2. The van der Waals surface area contributed by atoms with Crippen LogP contribution in [0.15, 0.2) is 24.3 Å². The molecule has 0 aromatic heterocycles. The van der Waals surface area contributed by atoms with Gasteiger partial charge in [-0.2, -0.15) is 5.26 Å². The Hall–Kier alpha value is -2.39. The van der Waals surface area contributed by atoms with Crippen LogP contribution in [-0.4, -0.2) is 60.4 Å². The van der Waals surface area contributed by atoms with E-state index in [0.29, 0.717) is 44.1 Å². The smallest absolute Gasteiger partial charge is 0.234 e. The zero-order valence-electron chi connectivity index (χ0n) is 14.4. The lowest BCUT2D eigenvalue weighted by Gasteiger charge is -2.34. The SMILES string of the molecule is N#Cc1ccc(CCC(=O)N2CCN(CC(=O)NC3CC3)CC2)cc1. The first-order valence-corrected chi connectivity index (χ1v) is 8.92. The van der Waals surface area contributed by atoms with Crippen molar-refractivity contribution < 1.29 is 9.59 Å². The van der Waals surface area contributed by atoms with Gasteiger partial charge in [0.2, 0.25) is 11.8 Å². The van der Waals surface area contributed by atoms with Crippen molar-refractivity contribution in [3.63, 3.8) is 0 Å². The van der Waals surface area contributed by atoms with Crippen LogP contribution in [0.2, 0.25) is 0 Å². The van der Waals surface area contributed by atoms with E-state index in [1.807, 2.05) is 17.0 Å². The van der Waals surface area contributed by atoms with Crippen LogP contribution in [0, 0.1) is 11.3 Å². The Balaban J connectivity index is 1.37. The Morgan fingerprint density at radius 2 is 1.80 bits per heavy atom. The van der Waals surface area contributed by atoms with Crippen molar-refractivity contribution in [3.05, 3.63) is 35.4 Å². The number of carbonyl (C=O) groups excluding carboxylic acids is 2. The molecule has 1 saturated heterocycles. The third-order valence-electron chi connectivity index (χ3n) is 4.75. The summed E-state index contributed by atoms with van der Waals surface area (Å²) in [6, 6.07) is 9.87. The van der Waals surface area contributed by atoms with Gasteiger partial charge in [0.05, 0.1) is 18.2 Å². The Morgan fingerprint density at radius 1 is 1.12 bits per heavy atom. The second-order valence-electron chi connectivity index (χ2n) is 6.81. The van der Waals surface area contributed by atoms with Gasteiger partial charge < -0.3 is 10.2 Å². The molecule has 1 N–H and O–H groups in total. The predicted octanol–water partition coefficient (Wildman–Crippen LogP) is 0.914. The number of carbonyl (C=O) groups is 2. The number of hydrogen-bond acceptors (Lipinski definition) is 4. The number of aryl methyl sites for hydroxylation is 1. The van der Waals surface area contributed by atoms with E-state index >= 15 is 0 Å². The van der Waals surface area contributed by atoms with Crippen molar-refractivity contribution in [2.75, 3.05) is 32.7 Å². The van der Waals surface area contributed by atoms with Gasteiger partial charge in [0, 0.05) is 38.6 Å². The van der Waals surface area contributed by atoms with E-state index in [9.17, 15) is 9.59 Å². The molecule has 2 aliphatic rings. The highest BCUT2D eigenvalue weighted by Crippen LogP contribution is 2.18. The third-order valence-corrected chi connectivity index (χ3v) is 4.75. The first-order chi connectivity index (χ1) is 12.1. The van der Waals surface area contributed by atoms with Crippen molar-refractivity contribution in [2.45, 2.75) is 31.7 Å². The van der Waals surface area contributed by atoms with Gasteiger partial charge in [-0.25, -0.2) is 0 Å². The van der Waals surface area contributed by atoms with Crippen LogP contribution in [0.3, 0.4) is 0 Å². The van der Waals surface area contributed by atoms with Crippen molar-refractivity contribution in [3.8, 4) is 6.07 Å². The average molecular weight is 340 g/mol. The van der Waals surface area contributed by atoms with Crippen LogP contribution in [0.4, 0.5) is 0 Å². The van der Waals surface area contributed by atoms with E-state index < -0.39 is 0 Å². The van der Waals surface area contributed by atoms with Crippen LogP contribution in [0.25, 0.3) is 0 Å². The molecule has 2 fully saturated rings. The zero-order chi connectivity index (χ0) is 17.6. The van der Waals surface area contributed by atoms with E-state index in [1.165, 1.54) is 0 Å². The first kappa shape index (κ1) is 17.4. The summed E-state index contributed by atoms with van der Waals surface area (Å²) in [4.78, 5) is 28.2. The van der Waals surface area contributed by atoms with Crippen molar-refractivity contribution in [1.29, 1.82) is 5.26 Å². The van der Waals surface area contributed by atoms with E-state index in [2.05, 4.69) is 16.3 Å². The molecule has 0 spiro atoms. The summed E-state index contributed by atoms with van der Waals surface area (Å²) in [7, 11) is 0. The highest BCUT2D eigenvalue weighted by atomic mass is 16.2. The molecule has 6 nitrogen and oxygen atoms in total. The number of amides is 2. The number of benzene rings is 1. The maximum absolute atomic E-state index is 12.4. The second kappa shape index (κ2) is 8.13. The molecule has 0 radical (unpaired) electrons. The molecule has 0 atom stereocenters. The Labute approximate surface area is 148 Å². The zero-order valence-corrected chi connectivity index (χ0v) is 14.4. The molecule has 1 aliphatic carbocycles. The molecule has 1 saturated carbocycles. The Morgan fingerprint density at radius 3 is 2.40 bits per heavy atom. The monoisotopic (exact) mass is 340 g/mol. The number of nitrogens with zero attached hydrogens (tertiary/aromatic N) is 3. The minimum atomic E-state index is 0.100. The summed E-state index contributed by atoms with van der Waals surface area (Å²) >= 11 is 0. The second-order valence-corrected chi connectivity index (χ2v) is 6.81. The predicted molar refractivity (Wildman–Crippen MR) is 93.7 cm³/mol. The molecule has 1 heterocycles. The average Bonchev–Trinajstić information content (AvgIpc) is 3.44. The van der Waals surface area contributed by atoms with E-state index in [4.69, 9.17) is 5.26 Å². The lowest BCUT2D eigenvalue weighted by atomic mass is 10.1. The van der Waals surface area contributed by atoms with Gasteiger partial charge in [0.1, 0.15) is 0 Å². The lowest BCUT2D eigenvalue weighted by molar-refractivity contribution is -0.133. The molecule has 3 rings (SSSR count). The van der Waals surface area contributed by atoms with E-state index in [0.717, 1.165) is 31.5 Å². The van der Waals surface area contributed by atoms with Crippen molar-refractivity contribution in [1.82, 2.24) is 15.1 Å². The minimum absolute atomic E-state index is 0.100. The van der Waals surface area contributed by atoms with Gasteiger partial charge >= 0.3 is 0 Å². The number of rotatable bonds is 6. The Kier molecular flexibility index (Phi) is 5.67. The van der Waals surface area contributed by atoms with Gasteiger partial charge in [0.25, 0.3) is 0 Å². The molecule has 25 heavy (non-hydrogen) atoms. The van der Waals surface area contributed by atoms with Crippen LogP contribution >= 0.6 is 0 Å². The molecular weight excluding hydrogens is 316 g/mol. The summed E-state index contributed by atoms with van der Waals surface area (Å²) in [5.74, 6) is 0.259. The summed E-state index contributed by atoms with van der Waals surface area (Å²) in [6.45, 7) is 3.30. The van der Waals surface area contributed by atoms with E-state index in [-0.39, 0.29) is 11.8 Å². The summed E-state index contributed by atoms with van der Waals surface area (Å²) < 4.78 is 0. The number of hydrogen-bond donors (Lipinski definition) is 1. The number of nitriles is 1. The molecule has 1 aromatic rings. The van der Waals surface area contributed by atoms with Crippen LogP contribution < -0.4 is 5.32 Å². The molecule has 0 unspecified atom stereocenters. The van der Waals surface area contributed by atoms with Gasteiger partial charge in [0.15, 0.2) is 0 Å². The maximum Gasteiger partial charge on any atom is 0.234 e. The molecule has 1 aromatic carbocycles. The van der Waals surface area contributed by atoms with E-state index in [1.54, 1.807) is 12.1 Å². The fourth-order valence-corrected chi connectivity index (χ4v) is 3.01. The number of piperazine rings is 1. The minimum Gasteiger partial charge on any atom is -0.352 e. The third kappa shape index (κ3) is 5.30. The van der Waals surface area contributed by atoms with Crippen LogP contribution in [-0.2, 0) is 16.0 Å². The van der Waals surface area contributed by atoms with Gasteiger partial charge in [-0.1, -0.05) is 12.1 Å². The fourth-order valence-electron chi connectivity index (χ4n) is 3.01. The normalized spacial score (nSPS) is 17.8. The van der Waals surface area contributed by atoms with Gasteiger partial charge in [-0.05, 0) is 37.0 Å². The Bertz CT molecular complexity index is 653. The van der Waals surface area contributed by atoms with Gasteiger partial charge in [-0.15, -0.1) is 0 Å². The first-order valence-electron chi connectivity index (χ1n) is 8.92. The van der Waals surface area contributed by atoms with Crippen LogP contribution in [0.5, 0.6) is 0 Å². The molecule has 132 valence electrons. The van der Waals surface area contributed by atoms with Gasteiger partial charge in [-0.3, -0.25) is 14.5 Å². The fraction of sp³-hybridized carbons (Fsp3) is 0.526. The standard InChI is InChI=1S/C19H24N4O2/c20-13-16-3-1-15(2-4-16)5-8-19(25)23-11-9-22(10-12-23)14-18(24)21-17-6-7-17/h1-4,17H,5-12,14H2,(H,21,24). The highest BCUT2D eigenvalue weighted by Gasteiger charge is 2.26. The largest absolute Gasteiger partial charge is 0.352 e. The highest BCUT2D eigenvalue weighted by molar-refractivity contribution is 5.79. The maximum atomic E-state index is 12.4. The lowest BCUT2D eigenvalue weighted by Crippen LogP contribution is -2.51. The molecule has 0 bridgehead atoms.